The van der Waals surface area contributed by atoms with Gasteiger partial charge in [0.1, 0.15) is 17.2 Å². The molecule has 2 aromatic rings. The predicted molar refractivity (Wildman–Crippen MR) is 80.4 cm³/mol. The van der Waals surface area contributed by atoms with Crippen LogP contribution in [0.1, 0.15) is 34.8 Å². The van der Waals surface area contributed by atoms with Gasteiger partial charge in [-0.1, -0.05) is 6.92 Å². The van der Waals surface area contributed by atoms with Crippen LogP contribution in [0.5, 0.6) is 17.2 Å². The summed E-state index contributed by atoms with van der Waals surface area (Å²) in [5, 5.41) is 22.1. The number of hydrogen-bond acceptors (Lipinski definition) is 4. The van der Waals surface area contributed by atoms with E-state index in [4.69, 9.17) is 4.74 Å². The van der Waals surface area contributed by atoms with E-state index >= 15 is 0 Å². The van der Waals surface area contributed by atoms with Crippen LogP contribution in [0, 0.1) is 12.8 Å². The third-order valence-corrected chi connectivity index (χ3v) is 4.15. The summed E-state index contributed by atoms with van der Waals surface area (Å²) in [6.07, 6.45) is 0.979. The number of benzene rings is 2. The molecule has 0 amide bonds. The summed E-state index contributed by atoms with van der Waals surface area (Å²) >= 11 is 0. The van der Waals surface area contributed by atoms with Crippen LogP contribution in [0.2, 0.25) is 0 Å². The van der Waals surface area contributed by atoms with Crippen molar-refractivity contribution in [3.8, 4) is 17.2 Å². The Labute approximate surface area is 123 Å². The molecule has 2 N–H and O–H groups in total. The lowest BCUT2D eigenvalue weighted by molar-refractivity contribution is 0.0949. The number of Topliss-reactive ketones (excluding diaryl/α,β-unsaturated/α-hetero) is 1. The first kappa shape index (κ1) is 13.7. The van der Waals surface area contributed by atoms with Gasteiger partial charge < -0.3 is 14.9 Å². The molecule has 0 bridgehead atoms. The average Bonchev–Trinajstić information content (AvgIpc) is 2.42. The SMILES string of the molecule is COc1cc(C)cc2c(O)c3c(c(O)c12)C(=O)CC(C)C3. The number of hydrogen-bond donors (Lipinski definition) is 2. The zero-order valence-corrected chi connectivity index (χ0v) is 12.4. The van der Waals surface area contributed by atoms with E-state index in [1.807, 2.05) is 13.8 Å². The number of rotatable bonds is 1. The molecular formula is C17H18O4. The number of carbonyl (C=O) groups excluding carboxylic acids is 1. The molecule has 1 atom stereocenters. The first-order chi connectivity index (χ1) is 9.93. The highest BCUT2D eigenvalue weighted by Gasteiger charge is 2.31. The zero-order chi connectivity index (χ0) is 15.3. The van der Waals surface area contributed by atoms with Crippen molar-refractivity contribution >= 4 is 16.6 Å². The maximum atomic E-state index is 12.3. The van der Waals surface area contributed by atoms with Crippen molar-refractivity contribution in [3.05, 3.63) is 28.8 Å². The zero-order valence-electron chi connectivity index (χ0n) is 12.4. The molecule has 0 fully saturated rings. The van der Waals surface area contributed by atoms with Crippen LogP contribution in [-0.2, 0) is 6.42 Å². The third-order valence-electron chi connectivity index (χ3n) is 4.15. The smallest absolute Gasteiger partial charge is 0.167 e. The normalized spacial score (nSPS) is 17.9. The van der Waals surface area contributed by atoms with E-state index in [1.54, 1.807) is 12.1 Å². The van der Waals surface area contributed by atoms with Crippen molar-refractivity contribution in [1.82, 2.24) is 0 Å². The number of phenolic OH excluding ortho intramolecular Hbond substituents is 2. The van der Waals surface area contributed by atoms with Crippen molar-refractivity contribution in [2.45, 2.75) is 26.7 Å². The van der Waals surface area contributed by atoms with Gasteiger partial charge >= 0.3 is 0 Å². The van der Waals surface area contributed by atoms with Crippen LogP contribution < -0.4 is 4.74 Å². The fourth-order valence-corrected chi connectivity index (χ4v) is 3.23. The van der Waals surface area contributed by atoms with Gasteiger partial charge in [0.25, 0.3) is 0 Å². The van der Waals surface area contributed by atoms with E-state index in [0.29, 0.717) is 34.9 Å². The molecule has 1 unspecified atom stereocenters. The average molecular weight is 286 g/mol. The Bertz CT molecular complexity index is 761. The van der Waals surface area contributed by atoms with Crippen molar-refractivity contribution in [2.24, 2.45) is 5.92 Å². The summed E-state index contributed by atoms with van der Waals surface area (Å²) in [5.41, 5.74) is 1.72. The van der Waals surface area contributed by atoms with E-state index in [9.17, 15) is 15.0 Å². The summed E-state index contributed by atoms with van der Waals surface area (Å²) in [4.78, 5) is 12.3. The topological polar surface area (TPSA) is 66.8 Å². The van der Waals surface area contributed by atoms with Crippen LogP contribution in [-0.4, -0.2) is 23.1 Å². The molecular weight excluding hydrogens is 268 g/mol. The summed E-state index contributed by atoms with van der Waals surface area (Å²) in [7, 11) is 1.51. The Hall–Kier alpha value is -2.23. The fraction of sp³-hybridized carbons (Fsp3) is 0.353. The van der Waals surface area contributed by atoms with Crippen LogP contribution in [0.15, 0.2) is 12.1 Å². The van der Waals surface area contributed by atoms with Gasteiger partial charge in [0.05, 0.1) is 18.1 Å². The number of fused-ring (bicyclic) bond motifs is 2. The van der Waals surface area contributed by atoms with Gasteiger partial charge in [-0.2, -0.15) is 0 Å². The van der Waals surface area contributed by atoms with Gasteiger partial charge in [-0.05, 0) is 37.0 Å². The van der Waals surface area contributed by atoms with Crippen molar-refractivity contribution in [1.29, 1.82) is 0 Å². The molecule has 1 aliphatic carbocycles. The minimum atomic E-state index is -0.124. The lowest BCUT2D eigenvalue weighted by Crippen LogP contribution is -2.18. The first-order valence-electron chi connectivity index (χ1n) is 7.02. The first-order valence-corrected chi connectivity index (χ1v) is 7.02. The molecule has 21 heavy (non-hydrogen) atoms. The van der Waals surface area contributed by atoms with Gasteiger partial charge in [0, 0.05) is 17.4 Å². The monoisotopic (exact) mass is 286 g/mol. The minimum Gasteiger partial charge on any atom is -0.507 e. The van der Waals surface area contributed by atoms with Gasteiger partial charge in [-0.25, -0.2) is 0 Å². The lowest BCUT2D eigenvalue weighted by Gasteiger charge is -2.24. The number of aromatic hydroxyl groups is 2. The van der Waals surface area contributed by atoms with Gasteiger partial charge in [0.15, 0.2) is 5.78 Å². The molecule has 0 saturated carbocycles. The number of methoxy groups -OCH3 is 1. The number of ketones is 1. The summed E-state index contributed by atoms with van der Waals surface area (Å²) in [6.45, 7) is 3.87. The maximum absolute atomic E-state index is 12.3. The second-order valence-corrected chi connectivity index (χ2v) is 5.88. The van der Waals surface area contributed by atoms with E-state index in [1.165, 1.54) is 7.11 Å². The molecule has 0 saturated heterocycles. The van der Waals surface area contributed by atoms with Gasteiger partial charge in [0.2, 0.25) is 0 Å². The quantitative estimate of drug-likeness (QED) is 0.789. The molecule has 2 aromatic carbocycles. The molecule has 0 heterocycles. The largest absolute Gasteiger partial charge is 0.507 e. The molecule has 3 rings (SSSR count). The molecule has 0 radical (unpaired) electrons. The van der Waals surface area contributed by atoms with Crippen LogP contribution >= 0.6 is 0 Å². The van der Waals surface area contributed by atoms with Gasteiger partial charge in [-0.3, -0.25) is 4.79 Å². The molecule has 0 aliphatic heterocycles. The Morgan fingerprint density at radius 2 is 1.90 bits per heavy atom. The highest BCUT2D eigenvalue weighted by atomic mass is 16.5. The van der Waals surface area contributed by atoms with Crippen molar-refractivity contribution < 1.29 is 19.7 Å². The maximum Gasteiger partial charge on any atom is 0.167 e. The molecule has 0 aromatic heterocycles. The highest BCUT2D eigenvalue weighted by Crippen LogP contribution is 2.47. The van der Waals surface area contributed by atoms with E-state index in [-0.39, 0.29) is 28.8 Å². The van der Waals surface area contributed by atoms with Gasteiger partial charge in [-0.15, -0.1) is 0 Å². The number of aryl methyl sites for hydroxylation is 1. The Morgan fingerprint density at radius 1 is 1.19 bits per heavy atom. The van der Waals surface area contributed by atoms with Crippen LogP contribution in [0.3, 0.4) is 0 Å². The Balaban J connectivity index is 2.48. The van der Waals surface area contributed by atoms with Crippen molar-refractivity contribution in [2.75, 3.05) is 7.11 Å². The lowest BCUT2D eigenvalue weighted by atomic mass is 9.81. The number of carbonyl (C=O) groups is 1. The van der Waals surface area contributed by atoms with E-state index in [0.717, 1.165) is 5.56 Å². The highest BCUT2D eigenvalue weighted by molar-refractivity contribution is 6.11. The minimum absolute atomic E-state index is 0.0773. The summed E-state index contributed by atoms with van der Waals surface area (Å²) in [5.74, 6) is 0.513. The molecule has 110 valence electrons. The molecule has 1 aliphatic rings. The Morgan fingerprint density at radius 3 is 2.57 bits per heavy atom. The van der Waals surface area contributed by atoms with Crippen LogP contribution in [0.4, 0.5) is 0 Å². The molecule has 4 heteroatoms. The molecule has 0 spiro atoms. The van der Waals surface area contributed by atoms with E-state index in [2.05, 4.69) is 0 Å². The fourth-order valence-electron chi connectivity index (χ4n) is 3.23. The standard InChI is InChI=1S/C17H18O4/c1-8-4-10-14(12(18)6-8)17(20)15-11(16(10)19)5-9(2)7-13(15)21-3/h5,7-8,19-20H,4,6H2,1-3H3. The second-order valence-electron chi connectivity index (χ2n) is 5.88. The van der Waals surface area contributed by atoms with E-state index < -0.39 is 0 Å². The van der Waals surface area contributed by atoms with Crippen LogP contribution in [0.25, 0.3) is 10.8 Å². The third kappa shape index (κ3) is 1.94. The molecule has 4 nitrogen and oxygen atoms in total. The summed E-state index contributed by atoms with van der Waals surface area (Å²) < 4.78 is 5.31. The number of ether oxygens (including phenoxy) is 1. The van der Waals surface area contributed by atoms with Crippen molar-refractivity contribution in [3.63, 3.8) is 0 Å². The summed E-state index contributed by atoms with van der Waals surface area (Å²) in [6, 6.07) is 3.58. The predicted octanol–water partition coefficient (Wildman–Crippen LogP) is 3.33. The Kier molecular flexibility index (Phi) is 3.04. The number of phenols is 2. The second kappa shape index (κ2) is 4.65.